The maximum atomic E-state index is 12.4. The summed E-state index contributed by atoms with van der Waals surface area (Å²) in [6, 6.07) is 14.1. The maximum absolute atomic E-state index is 12.4. The molecule has 6 nitrogen and oxygen atoms in total. The molecule has 0 bridgehead atoms. The number of ether oxygens (including phenoxy) is 1. The Hall–Kier alpha value is -2.95. The lowest BCUT2D eigenvalue weighted by Gasteiger charge is -2.35. The molecule has 0 unspecified atom stereocenters. The average Bonchev–Trinajstić information content (AvgIpc) is 3.56. The lowest BCUT2D eigenvalue weighted by molar-refractivity contribution is -0.274. The number of thiazole rings is 1. The summed E-state index contributed by atoms with van der Waals surface area (Å²) < 4.78 is 41.3. The molecule has 2 saturated heterocycles. The van der Waals surface area contributed by atoms with Gasteiger partial charge >= 0.3 is 12.3 Å². The summed E-state index contributed by atoms with van der Waals surface area (Å²) in [5.41, 5.74) is 3.04. The van der Waals surface area contributed by atoms with Crippen LogP contribution in [0.2, 0.25) is 0 Å². The van der Waals surface area contributed by atoms with Gasteiger partial charge in [-0.05, 0) is 73.4 Å². The number of piperidine rings is 1. The average molecular weight is 630 g/mol. The summed E-state index contributed by atoms with van der Waals surface area (Å²) in [4.78, 5) is 23.0. The van der Waals surface area contributed by atoms with Crippen LogP contribution in [0.15, 0.2) is 54.7 Å². The van der Waals surface area contributed by atoms with Crippen LogP contribution in [0, 0.1) is 18.3 Å². The van der Waals surface area contributed by atoms with Crippen molar-refractivity contribution in [3.8, 4) is 5.75 Å². The van der Waals surface area contributed by atoms with Crippen molar-refractivity contribution in [1.82, 2.24) is 14.8 Å². The Balaban J connectivity index is 1.19. The van der Waals surface area contributed by atoms with Crippen LogP contribution in [0.4, 0.5) is 13.2 Å². The predicted molar refractivity (Wildman–Crippen MR) is 166 cm³/mol. The first-order valence-corrected chi connectivity index (χ1v) is 16.1. The number of hydrogen-bond donors (Lipinski definition) is 1. The summed E-state index contributed by atoms with van der Waals surface area (Å²) in [5.74, 6) is 0.0954. The van der Waals surface area contributed by atoms with Crippen molar-refractivity contribution >= 4 is 17.3 Å². The highest BCUT2D eigenvalue weighted by molar-refractivity contribution is 7.11. The molecule has 2 aliphatic rings. The molecule has 2 aromatic carbocycles. The van der Waals surface area contributed by atoms with Gasteiger partial charge in [0.25, 0.3) is 0 Å². The number of carboxylic acids is 1. The van der Waals surface area contributed by atoms with Crippen molar-refractivity contribution in [3.63, 3.8) is 0 Å². The number of benzene rings is 2. The van der Waals surface area contributed by atoms with E-state index in [1.54, 1.807) is 23.5 Å². The van der Waals surface area contributed by atoms with Crippen LogP contribution >= 0.6 is 11.3 Å². The first kappa shape index (κ1) is 32.4. The number of rotatable bonds is 9. The Morgan fingerprint density at radius 1 is 1.09 bits per heavy atom. The largest absolute Gasteiger partial charge is 0.573 e. The molecule has 0 saturated carbocycles. The van der Waals surface area contributed by atoms with Crippen LogP contribution in [0.5, 0.6) is 5.75 Å². The smallest absolute Gasteiger partial charge is 0.480 e. The second-order valence-electron chi connectivity index (χ2n) is 13.4. The first-order valence-electron chi connectivity index (χ1n) is 15.3. The molecule has 3 aromatic rings. The van der Waals surface area contributed by atoms with E-state index in [0.29, 0.717) is 18.3 Å². The summed E-state index contributed by atoms with van der Waals surface area (Å²) in [6.07, 6.45) is -0.0905. The lowest BCUT2D eigenvalue weighted by Crippen LogP contribution is -2.48. The van der Waals surface area contributed by atoms with Crippen LogP contribution in [0.3, 0.4) is 0 Å². The van der Waals surface area contributed by atoms with Crippen molar-refractivity contribution in [3.05, 3.63) is 81.3 Å². The zero-order valence-electron chi connectivity index (χ0n) is 25.8. The van der Waals surface area contributed by atoms with Gasteiger partial charge in [0.2, 0.25) is 0 Å². The van der Waals surface area contributed by atoms with Crippen molar-refractivity contribution in [2.45, 2.75) is 71.2 Å². The van der Waals surface area contributed by atoms with Gasteiger partial charge in [0.1, 0.15) is 11.8 Å². The molecule has 0 aliphatic carbocycles. The molecule has 2 fully saturated rings. The van der Waals surface area contributed by atoms with E-state index in [2.05, 4.69) is 50.7 Å². The molecule has 3 heterocycles. The Bertz CT molecular complexity index is 1410. The Morgan fingerprint density at radius 3 is 2.41 bits per heavy atom. The van der Waals surface area contributed by atoms with Crippen LogP contribution in [0.25, 0.3) is 0 Å². The number of aliphatic carboxylic acids is 1. The second-order valence-corrected chi connectivity index (χ2v) is 14.6. The van der Waals surface area contributed by atoms with Gasteiger partial charge in [0, 0.05) is 43.0 Å². The van der Waals surface area contributed by atoms with Gasteiger partial charge in [-0.3, -0.25) is 9.69 Å². The number of carboxylic acid groups (broad SMARTS) is 1. The fourth-order valence-electron chi connectivity index (χ4n) is 6.96. The summed E-state index contributed by atoms with van der Waals surface area (Å²) in [7, 11) is 0. The molecule has 1 N–H and O–H groups in total. The van der Waals surface area contributed by atoms with Gasteiger partial charge in [0.15, 0.2) is 0 Å². The molecule has 0 spiro atoms. The molecule has 0 radical (unpaired) electrons. The van der Waals surface area contributed by atoms with E-state index in [-0.39, 0.29) is 17.1 Å². The van der Waals surface area contributed by atoms with Gasteiger partial charge in [-0.2, -0.15) is 0 Å². The maximum Gasteiger partial charge on any atom is 0.573 e. The molecular formula is C34H42F3N3O3S. The third-order valence-electron chi connectivity index (χ3n) is 8.93. The van der Waals surface area contributed by atoms with Crippen molar-refractivity contribution in [2.75, 3.05) is 32.7 Å². The minimum absolute atomic E-state index is 0.223. The quantitative estimate of drug-likeness (QED) is 0.267. The molecule has 0 amide bonds. The summed E-state index contributed by atoms with van der Waals surface area (Å²) in [5, 5.41) is 11.1. The number of aryl methyl sites for hydroxylation is 1. The van der Waals surface area contributed by atoms with Gasteiger partial charge in [-0.1, -0.05) is 62.7 Å². The topological polar surface area (TPSA) is 65.9 Å². The lowest BCUT2D eigenvalue weighted by atomic mass is 9.85. The highest BCUT2D eigenvalue weighted by atomic mass is 32.1. The number of carbonyl (C=O) groups is 1. The fourth-order valence-corrected chi connectivity index (χ4v) is 8.09. The number of likely N-dealkylation sites (tertiary alicyclic amines) is 2. The molecule has 10 heteroatoms. The zero-order chi connectivity index (χ0) is 31.6. The minimum Gasteiger partial charge on any atom is -0.480 e. The SMILES string of the molecule is Cc1cccc([C@H]2CN([C@@H](C(=O)O)C(C)(C)C)C[C@@H]2CN2CCC(c3cnc(Cc4ccc(OC(F)(F)F)cc4)s3)CC2)c1. The van der Waals surface area contributed by atoms with E-state index in [1.807, 2.05) is 27.0 Å². The third-order valence-corrected chi connectivity index (χ3v) is 10.1. The van der Waals surface area contributed by atoms with Crippen LogP contribution < -0.4 is 4.74 Å². The molecule has 5 rings (SSSR count). The van der Waals surface area contributed by atoms with Crippen molar-refractivity contribution in [2.24, 2.45) is 11.3 Å². The first-order chi connectivity index (χ1) is 20.7. The van der Waals surface area contributed by atoms with Crippen molar-refractivity contribution in [1.29, 1.82) is 0 Å². The predicted octanol–water partition coefficient (Wildman–Crippen LogP) is 7.34. The van der Waals surface area contributed by atoms with Gasteiger partial charge in [-0.25, -0.2) is 4.98 Å². The number of nitrogens with zero attached hydrogens (tertiary/aromatic N) is 3. The number of halogens is 3. The molecule has 44 heavy (non-hydrogen) atoms. The van der Waals surface area contributed by atoms with Crippen LogP contribution in [-0.4, -0.2) is 71.0 Å². The highest BCUT2D eigenvalue weighted by Gasteiger charge is 2.44. The van der Waals surface area contributed by atoms with Crippen LogP contribution in [-0.2, 0) is 11.2 Å². The molecule has 1 aromatic heterocycles. The highest BCUT2D eigenvalue weighted by Crippen LogP contribution is 2.39. The van der Waals surface area contributed by atoms with E-state index in [0.717, 1.165) is 56.1 Å². The Kier molecular flexibility index (Phi) is 9.72. The van der Waals surface area contributed by atoms with E-state index >= 15 is 0 Å². The third kappa shape index (κ3) is 8.20. The number of hydrogen-bond acceptors (Lipinski definition) is 6. The minimum atomic E-state index is -4.70. The van der Waals surface area contributed by atoms with E-state index < -0.39 is 18.4 Å². The second kappa shape index (κ2) is 13.2. The van der Waals surface area contributed by atoms with Gasteiger partial charge < -0.3 is 14.7 Å². The molecule has 3 atom stereocenters. The van der Waals surface area contributed by atoms with Gasteiger partial charge in [-0.15, -0.1) is 24.5 Å². The Labute approximate surface area is 261 Å². The summed E-state index contributed by atoms with van der Waals surface area (Å²) in [6.45, 7) is 12.6. The number of aromatic nitrogens is 1. The monoisotopic (exact) mass is 629 g/mol. The summed E-state index contributed by atoms with van der Waals surface area (Å²) >= 11 is 1.69. The standard InChI is InChI=1S/C34H42F3N3O3S/c1-22-6-5-7-25(16-22)28-21-40(31(32(41)42)33(2,3)4)20-26(28)19-39-14-12-24(13-15-39)29-18-38-30(44-29)17-23-8-10-27(11-9-23)43-34(35,36)37/h5-11,16,18,24,26,28,31H,12-15,17,19-21H2,1-4H3,(H,41,42)/t26-,28+,31-/m0/s1. The van der Waals surface area contributed by atoms with E-state index in [9.17, 15) is 23.1 Å². The fraction of sp³-hybridized carbons (Fsp3) is 0.529. The van der Waals surface area contributed by atoms with Gasteiger partial charge in [0.05, 0.1) is 5.01 Å². The van der Waals surface area contributed by atoms with Crippen molar-refractivity contribution < 1.29 is 27.8 Å². The van der Waals surface area contributed by atoms with E-state index in [1.165, 1.54) is 28.1 Å². The Morgan fingerprint density at radius 2 is 1.80 bits per heavy atom. The number of alkyl halides is 3. The molecule has 2 aliphatic heterocycles. The van der Waals surface area contributed by atoms with Crippen LogP contribution in [0.1, 0.15) is 72.0 Å². The zero-order valence-corrected chi connectivity index (χ0v) is 26.6. The van der Waals surface area contributed by atoms with E-state index in [4.69, 9.17) is 0 Å². The normalized spacial score (nSPS) is 21.4. The molecular weight excluding hydrogens is 587 g/mol. The molecule has 238 valence electrons.